The molecule has 1 amide bonds. The second kappa shape index (κ2) is 5.19. The summed E-state index contributed by atoms with van der Waals surface area (Å²) in [4.78, 5) is 13.9. The maximum absolute atomic E-state index is 12.0. The average molecular weight is 236 g/mol. The number of nitrogens with zero attached hydrogens (tertiary/aromatic N) is 1. The van der Waals surface area contributed by atoms with Gasteiger partial charge >= 0.3 is 0 Å². The molecule has 0 fully saturated rings. The smallest absolute Gasteiger partial charge is 0.256 e. The third kappa shape index (κ3) is 3.20. The summed E-state index contributed by atoms with van der Waals surface area (Å²) >= 11 is 0. The van der Waals surface area contributed by atoms with Crippen molar-refractivity contribution in [1.82, 2.24) is 0 Å². The van der Waals surface area contributed by atoms with Crippen LogP contribution in [0.15, 0.2) is 24.3 Å². The summed E-state index contributed by atoms with van der Waals surface area (Å²) < 4.78 is 5.15. The molecule has 4 heteroatoms. The molecule has 0 aliphatic carbocycles. The molecule has 0 bridgehead atoms. The summed E-state index contributed by atoms with van der Waals surface area (Å²) in [5, 5.41) is 2.88. The molecular formula is C13H20N2O2. The van der Waals surface area contributed by atoms with Crippen molar-refractivity contribution in [2.45, 2.75) is 19.4 Å². The van der Waals surface area contributed by atoms with E-state index in [4.69, 9.17) is 4.74 Å². The Bertz CT molecular complexity index is 400. The van der Waals surface area contributed by atoms with Crippen LogP contribution in [0.25, 0.3) is 0 Å². The van der Waals surface area contributed by atoms with Gasteiger partial charge in [-0.1, -0.05) is 12.1 Å². The minimum Gasteiger partial charge on any atom is -0.376 e. The van der Waals surface area contributed by atoms with Gasteiger partial charge in [0.25, 0.3) is 5.91 Å². The summed E-state index contributed by atoms with van der Waals surface area (Å²) in [5.41, 5.74) is 0.916. The molecule has 17 heavy (non-hydrogen) atoms. The van der Waals surface area contributed by atoms with Crippen molar-refractivity contribution >= 4 is 17.3 Å². The number of carbonyl (C=O) groups excluding carboxylic acids is 1. The first kappa shape index (κ1) is 13.5. The summed E-state index contributed by atoms with van der Waals surface area (Å²) in [6.45, 7) is 3.47. The van der Waals surface area contributed by atoms with E-state index < -0.39 is 5.60 Å². The number of amides is 1. The zero-order valence-electron chi connectivity index (χ0n) is 11.1. The number of para-hydroxylation sites is 2. The fourth-order valence-corrected chi connectivity index (χ4v) is 1.33. The number of carbonyl (C=O) groups is 1. The Hall–Kier alpha value is -1.55. The van der Waals surface area contributed by atoms with Gasteiger partial charge in [-0.2, -0.15) is 0 Å². The quantitative estimate of drug-likeness (QED) is 0.870. The number of ether oxygens (including phenoxy) is 1. The maximum atomic E-state index is 12.0. The number of rotatable bonds is 4. The van der Waals surface area contributed by atoms with Gasteiger partial charge in [-0.3, -0.25) is 4.79 Å². The van der Waals surface area contributed by atoms with Crippen LogP contribution in [-0.2, 0) is 9.53 Å². The van der Waals surface area contributed by atoms with Crippen molar-refractivity contribution in [3.8, 4) is 0 Å². The van der Waals surface area contributed by atoms with Crippen LogP contribution in [0.1, 0.15) is 13.8 Å². The lowest BCUT2D eigenvalue weighted by Gasteiger charge is -2.24. The zero-order chi connectivity index (χ0) is 13.1. The van der Waals surface area contributed by atoms with Crippen molar-refractivity contribution in [3.63, 3.8) is 0 Å². The Kier molecular flexibility index (Phi) is 4.12. The molecule has 1 aromatic rings. The monoisotopic (exact) mass is 236 g/mol. The summed E-state index contributed by atoms with van der Waals surface area (Å²) in [5.74, 6) is -0.158. The van der Waals surface area contributed by atoms with Gasteiger partial charge in [0.1, 0.15) is 5.60 Å². The van der Waals surface area contributed by atoms with Crippen LogP contribution in [0.3, 0.4) is 0 Å². The average Bonchev–Trinajstić information content (AvgIpc) is 2.29. The number of anilines is 2. The maximum Gasteiger partial charge on any atom is 0.256 e. The first-order valence-electron chi connectivity index (χ1n) is 5.51. The predicted octanol–water partition coefficient (Wildman–Crippen LogP) is 2.12. The molecule has 1 rings (SSSR count). The molecule has 0 saturated heterocycles. The van der Waals surface area contributed by atoms with E-state index in [-0.39, 0.29) is 5.91 Å². The molecule has 0 saturated carbocycles. The van der Waals surface area contributed by atoms with Crippen LogP contribution in [0.5, 0.6) is 0 Å². The van der Waals surface area contributed by atoms with Gasteiger partial charge < -0.3 is 15.0 Å². The zero-order valence-corrected chi connectivity index (χ0v) is 11.1. The van der Waals surface area contributed by atoms with Gasteiger partial charge in [0.15, 0.2) is 0 Å². The van der Waals surface area contributed by atoms with E-state index in [9.17, 15) is 4.79 Å². The number of methoxy groups -OCH3 is 1. The molecule has 0 aliphatic rings. The Morgan fingerprint density at radius 2 is 1.88 bits per heavy atom. The Balaban J connectivity index is 2.93. The van der Waals surface area contributed by atoms with E-state index in [1.807, 2.05) is 43.3 Å². The van der Waals surface area contributed by atoms with Crippen molar-refractivity contribution in [2.75, 3.05) is 31.4 Å². The van der Waals surface area contributed by atoms with Crippen LogP contribution in [0.4, 0.5) is 11.4 Å². The Morgan fingerprint density at radius 1 is 1.29 bits per heavy atom. The normalized spacial score (nSPS) is 11.1. The highest BCUT2D eigenvalue weighted by atomic mass is 16.5. The molecule has 1 N–H and O–H groups in total. The number of hydrogen-bond donors (Lipinski definition) is 1. The highest BCUT2D eigenvalue weighted by Crippen LogP contribution is 2.24. The summed E-state index contributed by atoms with van der Waals surface area (Å²) in [6.07, 6.45) is 0. The topological polar surface area (TPSA) is 41.6 Å². The first-order valence-corrected chi connectivity index (χ1v) is 5.51. The molecule has 0 spiro atoms. The second-order valence-electron chi connectivity index (χ2n) is 4.58. The molecule has 0 radical (unpaired) electrons. The van der Waals surface area contributed by atoms with Crippen molar-refractivity contribution in [1.29, 1.82) is 0 Å². The van der Waals surface area contributed by atoms with Gasteiger partial charge in [-0.05, 0) is 26.0 Å². The van der Waals surface area contributed by atoms with Crippen LogP contribution >= 0.6 is 0 Å². The summed E-state index contributed by atoms with van der Waals surface area (Å²) in [6, 6.07) is 7.66. The van der Waals surface area contributed by atoms with Crippen molar-refractivity contribution in [2.24, 2.45) is 0 Å². The first-order chi connectivity index (χ1) is 7.88. The van der Waals surface area contributed by atoms with E-state index in [1.54, 1.807) is 13.8 Å². The molecule has 1 aromatic carbocycles. The van der Waals surface area contributed by atoms with Crippen molar-refractivity contribution < 1.29 is 9.53 Å². The van der Waals surface area contributed by atoms with Gasteiger partial charge in [-0.15, -0.1) is 0 Å². The lowest BCUT2D eigenvalue weighted by Crippen LogP contribution is -2.39. The number of benzene rings is 1. The van der Waals surface area contributed by atoms with Gasteiger partial charge in [0.2, 0.25) is 0 Å². The molecule has 0 aromatic heterocycles. The fourth-order valence-electron chi connectivity index (χ4n) is 1.33. The Morgan fingerprint density at radius 3 is 2.41 bits per heavy atom. The van der Waals surface area contributed by atoms with Crippen molar-refractivity contribution in [3.05, 3.63) is 24.3 Å². The third-order valence-electron chi connectivity index (χ3n) is 2.69. The molecular weight excluding hydrogens is 216 g/mol. The fraction of sp³-hybridized carbons (Fsp3) is 0.462. The van der Waals surface area contributed by atoms with Gasteiger partial charge in [-0.25, -0.2) is 0 Å². The highest BCUT2D eigenvalue weighted by Gasteiger charge is 2.27. The highest BCUT2D eigenvalue weighted by molar-refractivity contribution is 5.99. The molecule has 0 heterocycles. The Labute approximate surface area is 103 Å². The van der Waals surface area contributed by atoms with E-state index in [2.05, 4.69) is 5.32 Å². The van der Waals surface area contributed by atoms with Crippen LogP contribution in [-0.4, -0.2) is 32.7 Å². The lowest BCUT2D eigenvalue weighted by molar-refractivity contribution is -0.133. The molecule has 0 unspecified atom stereocenters. The lowest BCUT2D eigenvalue weighted by atomic mass is 10.1. The summed E-state index contributed by atoms with van der Waals surface area (Å²) in [7, 11) is 5.40. The molecule has 0 atom stereocenters. The van der Waals surface area contributed by atoms with E-state index in [0.717, 1.165) is 11.4 Å². The van der Waals surface area contributed by atoms with E-state index in [1.165, 1.54) is 7.11 Å². The van der Waals surface area contributed by atoms with Crippen LogP contribution in [0, 0.1) is 0 Å². The standard InChI is InChI=1S/C13H20N2O2/c1-13(2,17-5)12(16)14-10-8-6-7-9-11(10)15(3)4/h6-9H,1-5H3,(H,14,16). The van der Waals surface area contributed by atoms with E-state index >= 15 is 0 Å². The number of nitrogens with one attached hydrogen (secondary N) is 1. The molecule has 94 valence electrons. The van der Waals surface area contributed by atoms with Gasteiger partial charge in [0.05, 0.1) is 11.4 Å². The number of hydrogen-bond acceptors (Lipinski definition) is 3. The minimum absolute atomic E-state index is 0.158. The molecule has 4 nitrogen and oxygen atoms in total. The SMILES string of the molecule is COC(C)(C)C(=O)Nc1ccccc1N(C)C. The minimum atomic E-state index is -0.834. The largest absolute Gasteiger partial charge is 0.376 e. The predicted molar refractivity (Wildman–Crippen MR) is 70.5 cm³/mol. The molecule has 0 aliphatic heterocycles. The third-order valence-corrected chi connectivity index (χ3v) is 2.69. The van der Waals surface area contributed by atoms with Crippen LogP contribution < -0.4 is 10.2 Å². The second-order valence-corrected chi connectivity index (χ2v) is 4.58. The van der Waals surface area contributed by atoms with Gasteiger partial charge in [0, 0.05) is 21.2 Å². The van der Waals surface area contributed by atoms with E-state index in [0.29, 0.717) is 0 Å². The van der Waals surface area contributed by atoms with Crippen LogP contribution in [0.2, 0.25) is 0 Å².